The van der Waals surface area contributed by atoms with E-state index < -0.39 is 19.9 Å². The highest BCUT2D eigenvalue weighted by molar-refractivity contribution is 7.91. The molecule has 4 N–H and O–H groups in total. The Hall–Kier alpha value is -1.32. The van der Waals surface area contributed by atoms with Crippen LogP contribution in [0.5, 0.6) is 0 Å². The number of nitrogen functional groups attached to an aromatic ring is 1. The number of anilines is 2. The summed E-state index contributed by atoms with van der Waals surface area (Å²) < 4.78 is 45.9. The number of sulfonamides is 1. The molecule has 0 atom stereocenters. The number of nitrogens with two attached hydrogens (primary N) is 2. The van der Waals surface area contributed by atoms with Crippen molar-refractivity contribution in [2.24, 2.45) is 5.14 Å². The lowest BCUT2D eigenvalue weighted by Gasteiger charge is -2.30. The second-order valence-electron chi connectivity index (χ2n) is 4.41. The van der Waals surface area contributed by atoms with Crippen molar-refractivity contribution in [2.45, 2.75) is 4.90 Å². The molecule has 1 aliphatic rings. The summed E-state index contributed by atoms with van der Waals surface area (Å²) in [6.07, 6.45) is 0. The number of hydrogen-bond donors (Lipinski definition) is 2. The zero-order valence-electron chi connectivity index (χ0n) is 10.1. The minimum absolute atomic E-state index is 0.00142. The Bertz CT molecular complexity index is 683. The van der Waals surface area contributed by atoms with Crippen molar-refractivity contribution < 1.29 is 16.8 Å². The fourth-order valence-electron chi connectivity index (χ4n) is 1.97. The van der Waals surface area contributed by atoms with E-state index in [2.05, 4.69) is 0 Å². The van der Waals surface area contributed by atoms with Gasteiger partial charge in [0.1, 0.15) is 4.90 Å². The molecule has 1 saturated heterocycles. The highest BCUT2D eigenvalue weighted by Gasteiger charge is 2.25. The molecule has 2 rings (SSSR count). The van der Waals surface area contributed by atoms with Crippen LogP contribution in [-0.2, 0) is 19.9 Å². The molecule has 1 fully saturated rings. The standard InChI is InChI=1S/C10H15N3O4S2/c11-8-1-2-9(10(7-8)19(12,16)17)13-3-5-18(14,15)6-4-13/h1-2,7H,3-6,11H2,(H2,12,16,17). The molecule has 0 aliphatic carbocycles. The van der Waals surface area contributed by atoms with Crippen LogP contribution in [-0.4, -0.2) is 41.4 Å². The Morgan fingerprint density at radius 1 is 1.16 bits per heavy atom. The monoisotopic (exact) mass is 305 g/mol. The van der Waals surface area contributed by atoms with E-state index in [1.54, 1.807) is 17.0 Å². The average Bonchev–Trinajstić information content (AvgIpc) is 2.28. The van der Waals surface area contributed by atoms with E-state index in [0.29, 0.717) is 5.69 Å². The molecular formula is C10H15N3O4S2. The van der Waals surface area contributed by atoms with E-state index in [9.17, 15) is 16.8 Å². The molecule has 1 heterocycles. The molecule has 0 bridgehead atoms. The summed E-state index contributed by atoms with van der Waals surface area (Å²) in [5, 5.41) is 5.16. The van der Waals surface area contributed by atoms with Crippen molar-refractivity contribution in [3.05, 3.63) is 18.2 Å². The van der Waals surface area contributed by atoms with Crippen molar-refractivity contribution in [1.82, 2.24) is 0 Å². The van der Waals surface area contributed by atoms with E-state index in [1.807, 2.05) is 0 Å². The fourth-order valence-corrected chi connectivity index (χ4v) is 3.96. The molecule has 0 unspecified atom stereocenters. The van der Waals surface area contributed by atoms with Gasteiger partial charge in [-0.25, -0.2) is 22.0 Å². The van der Waals surface area contributed by atoms with Gasteiger partial charge < -0.3 is 10.6 Å². The molecular weight excluding hydrogens is 290 g/mol. The Morgan fingerprint density at radius 3 is 2.26 bits per heavy atom. The van der Waals surface area contributed by atoms with Crippen molar-refractivity contribution in [3.63, 3.8) is 0 Å². The fraction of sp³-hybridized carbons (Fsp3) is 0.400. The van der Waals surface area contributed by atoms with Gasteiger partial charge in [-0.2, -0.15) is 0 Å². The summed E-state index contributed by atoms with van der Waals surface area (Å²) in [7, 11) is -6.93. The maximum atomic E-state index is 11.6. The van der Waals surface area contributed by atoms with Crippen LogP contribution in [0.1, 0.15) is 0 Å². The maximum Gasteiger partial charge on any atom is 0.240 e. The Labute approximate surface area is 112 Å². The van der Waals surface area contributed by atoms with Crippen molar-refractivity contribution in [3.8, 4) is 0 Å². The van der Waals surface area contributed by atoms with Crippen LogP contribution in [0, 0.1) is 0 Å². The lowest BCUT2D eigenvalue weighted by atomic mass is 10.2. The van der Waals surface area contributed by atoms with E-state index in [-0.39, 0.29) is 35.2 Å². The highest BCUT2D eigenvalue weighted by atomic mass is 32.2. The van der Waals surface area contributed by atoms with Crippen LogP contribution in [0.25, 0.3) is 0 Å². The first-order valence-electron chi connectivity index (χ1n) is 5.57. The molecule has 1 aliphatic heterocycles. The quantitative estimate of drug-likeness (QED) is 0.686. The van der Waals surface area contributed by atoms with Gasteiger partial charge in [0.15, 0.2) is 9.84 Å². The SMILES string of the molecule is Nc1ccc(N2CCS(=O)(=O)CC2)c(S(N)(=O)=O)c1. The van der Waals surface area contributed by atoms with Gasteiger partial charge >= 0.3 is 0 Å². The normalized spacial score (nSPS) is 19.3. The van der Waals surface area contributed by atoms with E-state index in [0.717, 1.165) is 0 Å². The zero-order valence-corrected chi connectivity index (χ0v) is 11.7. The zero-order chi connectivity index (χ0) is 14.3. The minimum Gasteiger partial charge on any atom is -0.399 e. The van der Waals surface area contributed by atoms with Crippen LogP contribution in [0.15, 0.2) is 23.1 Å². The number of primary sulfonamides is 1. The first-order chi connectivity index (χ1) is 8.69. The summed E-state index contributed by atoms with van der Waals surface area (Å²) in [5.41, 5.74) is 6.25. The van der Waals surface area contributed by atoms with Gasteiger partial charge in [0, 0.05) is 18.8 Å². The van der Waals surface area contributed by atoms with Gasteiger partial charge in [-0.15, -0.1) is 0 Å². The first kappa shape index (κ1) is 14.1. The second-order valence-corrected chi connectivity index (χ2v) is 8.24. The molecule has 0 aromatic heterocycles. The molecule has 0 amide bonds. The van der Waals surface area contributed by atoms with Gasteiger partial charge in [-0.3, -0.25) is 0 Å². The van der Waals surface area contributed by atoms with Gasteiger partial charge in [-0.1, -0.05) is 0 Å². The molecule has 1 aromatic carbocycles. The predicted molar refractivity (Wildman–Crippen MR) is 73.1 cm³/mol. The lowest BCUT2D eigenvalue weighted by molar-refractivity contribution is 0.586. The number of rotatable bonds is 2. The van der Waals surface area contributed by atoms with Crippen molar-refractivity contribution >= 4 is 31.2 Å². The third kappa shape index (κ3) is 3.17. The molecule has 106 valence electrons. The van der Waals surface area contributed by atoms with Gasteiger partial charge in [-0.05, 0) is 18.2 Å². The van der Waals surface area contributed by atoms with Gasteiger partial charge in [0.2, 0.25) is 10.0 Å². The summed E-state index contributed by atoms with van der Waals surface area (Å²) >= 11 is 0. The number of benzene rings is 1. The topological polar surface area (TPSA) is 124 Å². The van der Waals surface area contributed by atoms with E-state index >= 15 is 0 Å². The maximum absolute atomic E-state index is 11.6. The van der Waals surface area contributed by atoms with Gasteiger partial charge in [0.25, 0.3) is 0 Å². The molecule has 0 radical (unpaired) electrons. The molecule has 19 heavy (non-hydrogen) atoms. The summed E-state index contributed by atoms with van der Waals surface area (Å²) in [6, 6.07) is 4.40. The van der Waals surface area contributed by atoms with E-state index in [1.165, 1.54) is 6.07 Å². The van der Waals surface area contributed by atoms with Crippen LogP contribution >= 0.6 is 0 Å². The highest BCUT2D eigenvalue weighted by Crippen LogP contribution is 2.27. The number of sulfone groups is 1. The second kappa shape index (κ2) is 4.66. The minimum atomic E-state index is -3.91. The van der Waals surface area contributed by atoms with Crippen LogP contribution in [0.3, 0.4) is 0 Å². The molecule has 0 saturated carbocycles. The molecule has 0 spiro atoms. The van der Waals surface area contributed by atoms with E-state index in [4.69, 9.17) is 10.9 Å². The Kier molecular flexibility index (Phi) is 3.45. The summed E-state index contributed by atoms with van der Waals surface area (Å²) in [5.74, 6) is 0.00285. The first-order valence-corrected chi connectivity index (χ1v) is 8.93. The summed E-state index contributed by atoms with van der Waals surface area (Å²) in [4.78, 5) is 1.62. The molecule has 1 aromatic rings. The smallest absolute Gasteiger partial charge is 0.240 e. The van der Waals surface area contributed by atoms with Crippen molar-refractivity contribution in [1.29, 1.82) is 0 Å². The Balaban J connectivity index is 2.41. The van der Waals surface area contributed by atoms with Crippen LogP contribution in [0.4, 0.5) is 11.4 Å². The van der Waals surface area contributed by atoms with Crippen LogP contribution in [0.2, 0.25) is 0 Å². The van der Waals surface area contributed by atoms with Crippen molar-refractivity contribution in [2.75, 3.05) is 35.2 Å². The third-order valence-electron chi connectivity index (χ3n) is 2.98. The largest absolute Gasteiger partial charge is 0.399 e. The number of nitrogens with zero attached hydrogens (tertiary/aromatic N) is 1. The Morgan fingerprint density at radius 2 is 1.74 bits per heavy atom. The lowest BCUT2D eigenvalue weighted by Crippen LogP contribution is -2.41. The summed E-state index contributed by atoms with van der Waals surface area (Å²) in [6.45, 7) is 0.490. The average molecular weight is 305 g/mol. The van der Waals surface area contributed by atoms with Crippen LogP contribution < -0.4 is 15.8 Å². The third-order valence-corrected chi connectivity index (χ3v) is 5.52. The molecule has 9 heteroatoms. The van der Waals surface area contributed by atoms with Gasteiger partial charge in [0.05, 0.1) is 17.2 Å². The number of hydrogen-bond acceptors (Lipinski definition) is 6. The predicted octanol–water partition coefficient (Wildman–Crippen LogP) is -0.849. The molecule has 7 nitrogen and oxygen atoms in total.